The summed E-state index contributed by atoms with van der Waals surface area (Å²) in [7, 11) is 0. The van der Waals surface area contributed by atoms with E-state index in [4.69, 9.17) is 11.6 Å². The van der Waals surface area contributed by atoms with Crippen LogP contribution in [0, 0.1) is 0 Å². The number of hydrogen-bond acceptors (Lipinski definition) is 1. The van der Waals surface area contributed by atoms with Gasteiger partial charge in [-0.2, -0.15) is 0 Å². The maximum absolute atomic E-state index is 11.8. The van der Waals surface area contributed by atoms with Crippen LogP contribution in [-0.2, 0) is 0 Å². The number of halogens is 2. The molecule has 0 aromatic heterocycles. The van der Waals surface area contributed by atoms with Gasteiger partial charge in [0.2, 0.25) is 0 Å². The van der Waals surface area contributed by atoms with Crippen LogP contribution in [0.15, 0.2) is 22.7 Å². The number of carbonyl (C=O) groups is 1. The van der Waals surface area contributed by atoms with Crippen molar-refractivity contribution in [2.24, 2.45) is 0 Å². The van der Waals surface area contributed by atoms with E-state index < -0.39 is 0 Å². The molecular formula is C11H11BrClNO. The second-order valence-electron chi connectivity index (χ2n) is 4.14. The summed E-state index contributed by atoms with van der Waals surface area (Å²) in [4.78, 5) is 11.8. The summed E-state index contributed by atoms with van der Waals surface area (Å²) in [5.41, 5.74) is 0.655. The largest absolute Gasteiger partial charge is 0.347 e. The fourth-order valence-electron chi connectivity index (χ4n) is 1.30. The summed E-state index contributed by atoms with van der Waals surface area (Å²) < 4.78 is 0.748. The molecule has 0 radical (unpaired) electrons. The summed E-state index contributed by atoms with van der Waals surface area (Å²) in [5.74, 6) is -0.0348. The molecular weight excluding hydrogens is 277 g/mol. The van der Waals surface area contributed by atoms with E-state index in [0.29, 0.717) is 10.6 Å². The summed E-state index contributed by atoms with van der Waals surface area (Å²) in [6.07, 6.45) is 2.13. The lowest BCUT2D eigenvalue weighted by Gasteiger charge is -2.11. The molecule has 2 rings (SSSR count). The zero-order chi connectivity index (χ0) is 11.1. The van der Waals surface area contributed by atoms with Crippen molar-refractivity contribution in [2.75, 3.05) is 0 Å². The highest BCUT2D eigenvalue weighted by Crippen LogP contribution is 2.34. The van der Waals surface area contributed by atoms with Crippen LogP contribution >= 0.6 is 27.5 Å². The highest BCUT2D eigenvalue weighted by molar-refractivity contribution is 9.10. The Hall–Kier alpha value is -0.540. The minimum Gasteiger partial charge on any atom is -0.347 e. The highest BCUT2D eigenvalue weighted by Gasteiger charge is 2.38. The number of nitrogens with one attached hydrogen (secondary N) is 1. The number of hydrogen-bond donors (Lipinski definition) is 1. The second kappa shape index (κ2) is 3.80. The minimum atomic E-state index is -0.0348. The third-order valence-corrected chi connectivity index (χ3v) is 3.81. The number of rotatable bonds is 2. The molecule has 0 unspecified atom stereocenters. The normalized spacial score (nSPS) is 17.3. The predicted octanol–water partition coefficient (Wildman–Crippen LogP) is 3.38. The van der Waals surface area contributed by atoms with Crippen LogP contribution in [0.1, 0.15) is 30.1 Å². The Bertz CT molecular complexity index is 415. The molecule has 1 aliphatic carbocycles. The Balaban J connectivity index is 2.15. The van der Waals surface area contributed by atoms with Crippen LogP contribution in [0.2, 0.25) is 5.02 Å². The lowest BCUT2D eigenvalue weighted by atomic mass is 10.2. The van der Waals surface area contributed by atoms with Gasteiger partial charge in [0, 0.05) is 15.6 Å². The van der Waals surface area contributed by atoms with Gasteiger partial charge >= 0.3 is 0 Å². The van der Waals surface area contributed by atoms with Crippen molar-refractivity contribution < 1.29 is 4.79 Å². The van der Waals surface area contributed by atoms with Crippen molar-refractivity contribution in [1.82, 2.24) is 5.32 Å². The van der Waals surface area contributed by atoms with E-state index in [1.165, 1.54) is 0 Å². The first kappa shape index (κ1) is 11.0. The summed E-state index contributed by atoms with van der Waals surface area (Å²) in [5, 5.41) is 3.61. The number of benzene rings is 1. The molecule has 1 N–H and O–H groups in total. The Morgan fingerprint density at radius 1 is 1.53 bits per heavy atom. The van der Waals surface area contributed by atoms with Crippen LogP contribution in [0.3, 0.4) is 0 Å². The Kier molecular flexibility index (Phi) is 2.77. The molecule has 80 valence electrons. The van der Waals surface area contributed by atoms with Crippen molar-refractivity contribution in [1.29, 1.82) is 0 Å². The SMILES string of the molecule is CC1(NC(=O)c2ccc(Cl)c(Br)c2)CC1. The molecule has 0 atom stereocenters. The topological polar surface area (TPSA) is 29.1 Å². The van der Waals surface area contributed by atoms with Crippen LogP contribution in [-0.4, -0.2) is 11.4 Å². The molecule has 0 heterocycles. The van der Waals surface area contributed by atoms with Crippen molar-refractivity contribution in [3.05, 3.63) is 33.3 Å². The fraction of sp³-hybridized carbons (Fsp3) is 0.364. The molecule has 0 saturated heterocycles. The van der Waals surface area contributed by atoms with Gasteiger partial charge in [-0.1, -0.05) is 11.6 Å². The predicted molar refractivity (Wildman–Crippen MR) is 64.3 cm³/mol. The maximum atomic E-state index is 11.8. The summed E-state index contributed by atoms with van der Waals surface area (Å²) >= 11 is 9.15. The smallest absolute Gasteiger partial charge is 0.251 e. The molecule has 0 spiro atoms. The van der Waals surface area contributed by atoms with Gasteiger partial charge in [-0.25, -0.2) is 0 Å². The second-order valence-corrected chi connectivity index (χ2v) is 5.41. The summed E-state index contributed by atoms with van der Waals surface area (Å²) in [6, 6.07) is 5.19. The quantitative estimate of drug-likeness (QED) is 0.888. The van der Waals surface area contributed by atoms with E-state index in [-0.39, 0.29) is 11.4 Å². The lowest BCUT2D eigenvalue weighted by Crippen LogP contribution is -2.34. The van der Waals surface area contributed by atoms with Crippen molar-refractivity contribution in [3.8, 4) is 0 Å². The Morgan fingerprint density at radius 3 is 2.73 bits per heavy atom. The fourth-order valence-corrected chi connectivity index (χ4v) is 1.79. The van der Waals surface area contributed by atoms with Crippen LogP contribution < -0.4 is 5.32 Å². The minimum absolute atomic E-state index is 0.0171. The van der Waals surface area contributed by atoms with Gasteiger partial charge in [-0.3, -0.25) is 4.79 Å². The van der Waals surface area contributed by atoms with E-state index in [9.17, 15) is 4.79 Å². The third-order valence-electron chi connectivity index (χ3n) is 2.60. The number of amides is 1. The molecule has 1 aromatic carbocycles. The zero-order valence-electron chi connectivity index (χ0n) is 8.31. The molecule has 0 bridgehead atoms. The monoisotopic (exact) mass is 287 g/mol. The lowest BCUT2D eigenvalue weighted by molar-refractivity contribution is 0.0935. The molecule has 0 aliphatic heterocycles. The van der Waals surface area contributed by atoms with Gasteiger partial charge in [0.1, 0.15) is 0 Å². The first-order valence-electron chi connectivity index (χ1n) is 4.78. The van der Waals surface area contributed by atoms with E-state index >= 15 is 0 Å². The third kappa shape index (κ3) is 2.52. The van der Waals surface area contributed by atoms with Crippen LogP contribution in [0.5, 0.6) is 0 Å². The first-order chi connectivity index (χ1) is 7.00. The molecule has 4 heteroatoms. The molecule has 15 heavy (non-hydrogen) atoms. The van der Waals surface area contributed by atoms with Gasteiger partial charge in [0.25, 0.3) is 5.91 Å². The van der Waals surface area contributed by atoms with E-state index in [1.807, 2.05) is 0 Å². The molecule has 1 saturated carbocycles. The molecule has 1 fully saturated rings. The Morgan fingerprint density at radius 2 is 2.20 bits per heavy atom. The van der Waals surface area contributed by atoms with E-state index in [2.05, 4.69) is 28.2 Å². The van der Waals surface area contributed by atoms with E-state index in [1.54, 1.807) is 18.2 Å². The van der Waals surface area contributed by atoms with Crippen LogP contribution in [0.4, 0.5) is 0 Å². The standard InChI is InChI=1S/C11H11BrClNO/c1-11(4-5-11)14-10(15)7-2-3-9(13)8(12)6-7/h2-3,6H,4-5H2,1H3,(H,14,15). The van der Waals surface area contributed by atoms with Gasteiger partial charge < -0.3 is 5.32 Å². The van der Waals surface area contributed by atoms with Crippen molar-refractivity contribution >= 4 is 33.4 Å². The van der Waals surface area contributed by atoms with Crippen LogP contribution in [0.25, 0.3) is 0 Å². The Labute approximate surface area is 102 Å². The molecule has 1 aliphatic rings. The molecule has 2 nitrogen and oxygen atoms in total. The number of carbonyl (C=O) groups excluding carboxylic acids is 1. The average Bonchev–Trinajstić information content (AvgIpc) is 2.88. The van der Waals surface area contributed by atoms with Gasteiger partial charge in [0.05, 0.1) is 5.02 Å². The van der Waals surface area contributed by atoms with Crippen molar-refractivity contribution in [3.63, 3.8) is 0 Å². The molecule has 1 aromatic rings. The zero-order valence-corrected chi connectivity index (χ0v) is 10.7. The highest BCUT2D eigenvalue weighted by atomic mass is 79.9. The first-order valence-corrected chi connectivity index (χ1v) is 5.95. The summed E-state index contributed by atoms with van der Waals surface area (Å²) in [6.45, 7) is 2.05. The van der Waals surface area contributed by atoms with Gasteiger partial charge in [-0.15, -0.1) is 0 Å². The molecule has 1 amide bonds. The van der Waals surface area contributed by atoms with Gasteiger partial charge in [0.15, 0.2) is 0 Å². The van der Waals surface area contributed by atoms with E-state index in [0.717, 1.165) is 17.3 Å². The maximum Gasteiger partial charge on any atom is 0.251 e. The average molecular weight is 289 g/mol. The van der Waals surface area contributed by atoms with Gasteiger partial charge in [-0.05, 0) is 53.9 Å². The van der Waals surface area contributed by atoms with Crippen molar-refractivity contribution in [2.45, 2.75) is 25.3 Å².